The molecule has 2 aromatic heterocycles. The minimum absolute atomic E-state index is 0.243. The van der Waals surface area contributed by atoms with Crippen molar-refractivity contribution < 1.29 is 23.5 Å². The molecule has 0 aromatic carbocycles. The van der Waals surface area contributed by atoms with E-state index in [4.69, 9.17) is 13.9 Å². The van der Waals surface area contributed by atoms with Crippen LogP contribution in [0, 0.1) is 0 Å². The summed E-state index contributed by atoms with van der Waals surface area (Å²) in [4.78, 5) is 28.1. The molecule has 0 bridgehead atoms. The number of amides is 1. The van der Waals surface area contributed by atoms with Crippen molar-refractivity contribution in [1.82, 2.24) is 10.3 Å². The van der Waals surface area contributed by atoms with Crippen LogP contribution in [0.2, 0.25) is 0 Å². The van der Waals surface area contributed by atoms with Crippen LogP contribution in [0.3, 0.4) is 0 Å². The monoisotopic (exact) mass is 352 g/mol. The van der Waals surface area contributed by atoms with E-state index in [0.717, 1.165) is 11.1 Å². The number of hydrogen-bond donors (Lipinski definition) is 1. The molecule has 1 atom stereocenters. The highest BCUT2D eigenvalue weighted by molar-refractivity contribution is 7.08. The van der Waals surface area contributed by atoms with E-state index < -0.39 is 23.7 Å². The fourth-order valence-electron chi connectivity index (χ4n) is 2.03. The molecule has 0 saturated carbocycles. The molecule has 0 aliphatic heterocycles. The Morgan fingerprint density at radius 2 is 2.12 bits per heavy atom. The number of carbonyl (C=O) groups is 2. The van der Waals surface area contributed by atoms with Crippen molar-refractivity contribution in [2.24, 2.45) is 0 Å². The van der Waals surface area contributed by atoms with Gasteiger partial charge in [-0.25, -0.2) is 14.6 Å². The van der Waals surface area contributed by atoms with E-state index >= 15 is 0 Å². The summed E-state index contributed by atoms with van der Waals surface area (Å²) in [5, 5.41) is 6.31. The van der Waals surface area contributed by atoms with E-state index in [1.165, 1.54) is 24.7 Å². The number of aromatic nitrogens is 1. The highest BCUT2D eigenvalue weighted by Gasteiger charge is 2.27. The number of oxazole rings is 1. The SMILES string of the molecule is COC(=O)C(Cc1cscc1-c1ncco1)NC(=O)OC(C)(C)C. The summed E-state index contributed by atoms with van der Waals surface area (Å²) in [5.74, 6) is -0.0856. The highest BCUT2D eigenvalue weighted by Crippen LogP contribution is 2.27. The number of nitrogens with one attached hydrogen (secondary N) is 1. The number of thiophene rings is 1. The molecule has 0 fully saturated rings. The molecule has 24 heavy (non-hydrogen) atoms. The zero-order valence-electron chi connectivity index (χ0n) is 14.0. The lowest BCUT2D eigenvalue weighted by atomic mass is 10.0. The van der Waals surface area contributed by atoms with Crippen molar-refractivity contribution in [1.29, 1.82) is 0 Å². The van der Waals surface area contributed by atoms with Gasteiger partial charge in [-0.15, -0.1) is 0 Å². The van der Waals surface area contributed by atoms with Gasteiger partial charge in [-0.05, 0) is 31.7 Å². The number of esters is 1. The molecule has 2 aromatic rings. The summed E-state index contributed by atoms with van der Waals surface area (Å²) in [6.07, 6.45) is 2.60. The standard InChI is InChI=1S/C16H20N2O5S/c1-16(2,3)23-15(20)18-12(14(19)21-4)7-10-8-24-9-11(10)13-17-5-6-22-13/h5-6,8-9,12H,7H2,1-4H3,(H,18,20). The van der Waals surface area contributed by atoms with Gasteiger partial charge in [0.05, 0.1) is 18.9 Å². The zero-order valence-corrected chi connectivity index (χ0v) is 14.8. The van der Waals surface area contributed by atoms with Gasteiger partial charge in [0, 0.05) is 11.8 Å². The summed E-state index contributed by atoms with van der Waals surface area (Å²) in [6.45, 7) is 5.25. The molecule has 1 N–H and O–H groups in total. The van der Waals surface area contributed by atoms with E-state index in [1.54, 1.807) is 27.0 Å². The molecule has 0 saturated heterocycles. The summed E-state index contributed by atoms with van der Waals surface area (Å²) in [5.41, 5.74) is 0.954. The molecule has 130 valence electrons. The largest absolute Gasteiger partial charge is 0.467 e. The minimum Gasteiger partial charge on any atom is -0.467 e. The van der Waals surface area contributed by atoms with E-state index in [2.05, 4.69) is 10.3 Å². The number of alkyl carbamates (subject to hydrolysis) is 1. The van der Waals surface area contributed by atoms with Crippen LogP contribution in [-0.2, 0) is 20.7 Å². The van der Waals surface area contributed by atoms with Gasteiger partial charge in [0.25, 0.3) is 0 Å². The molecular weight excluding hydrogens is 332 g/mol. The van der Waals surface area contributed by atoms with Crippen LogP contribution in [0.5, 0.6) is 0 Å². The molecule has 0 spiro atoms. The number of rotatable bonds is 5. The van der Waals surface area contributed by atoms with Crippen LogP contribution in [0.4, 0.5) is 4.79 Å². The molecule has 8 heteroatoms. The Hall–Kier alpha value is -2.35. The van der Waals surface area contributed by atoms with E-state index in [0.29, 0.717) is 5.89 Å². The van der Waals surface area contributed by atoms with Crippen LogP contribution in [0.25, 0.3) is 11.5 Å². The number of ether oxygens (including phenoxy) is 2. The minimum atomic E-state index is -0.867. The average Bonchev–Trinajstić information content (AvgIpc) is 3.14. The van der Waals surface area contributed by atoms with Gasteiger partial charge in [-0.1, -0.05) is 0 Å². The molecule has 2 heterocycles. The third-order valence-corrected chi connectivity index (χ3v) is 3.80. The van der Waals surface area contributed by atoms with Crippen LogP contribution in [-0.4, -0.2) is 35.8 Å². The quantitative estimate of drug-likeness (QED) is 0.832. The van der Waals surface area contributed by atoms with Gasteiger partial charge in [-0.2, -0.15) is 11.3 Å². The van der Waals surface area contributed by atoms with E-state index in [9.17, 15) is 9.59 Å². The van der Waals surface area contributed by atoms with Crippen molar-refractivity contribution in [2.75, 3.05) is 7.11 Å². The summed E-state index contributed by atoms with van der Waals surface area (Å²) in [7, 11) is 1.27. The molecule has 0 aliphatic carbocycles. The Kier molecular flexibility index (Phi) is 5.61. The average molecular weight is 352 g/mol. The summed E-state index contributed by atoms with van der Waals surface area (Å²) in [6, 6.07) is -0.867. The Morgan fingerprint density at radius 1 is 1.38 bits per heavy atom. The third-order valence-electron chi connectivity index (χ3n) is 3.01. The molecule has 2 rings (SSSR count). The van der Waals surface area contributed by atoms with Crippen LogP contribution < -0.4 is 5.32 Å². The first-order valence-electron chi connectivity index (χ1n) is 7.32. The van der Waals surface area contributed by atoms with Crippen LogP contribution >= 0.6 is 11.3 Å². The van der Waals surface area contributed by atoms with E-state index in [1.807, 2.05) is 10.8 Å². The first-order valence-corrected chi connectivity index (χ1v) is 8.26. The third kappa shape index (κ3) is 4.82. The van der Waals surface area contributed by atoms with Crippen LogP contribution in [0.1, 0.15) is 26.3 Å². The Balaban J connectivity index is 2.14. The maximum atomic E-state index is 12.0. The number of hydrogen-bond acceptors (Lipinski definition) is 7. The lowest BCUT2D eigenvalue weighted by molar-refractivity contribution is -0.143. The van der Waals surface area contributed by atoms with E-state index in [-0.39, 0.29) is 6.42 Å². The fraction of sp³-hybridized carbons (Fsp3) is 0.438. The Morgan fingerprint density at radius 3 is 2.71 bits per heavy atom. The lowest BCUT2D eigenvalue weighted by Crippen LogP contribution is -2.45. The van der Waals surface area contributed by atoms with Crippen LogP contribution in [0.15, 0.2) is 27.6 Å². The van der Waals surface area contributed by atoms with Gasteiger partial charge in [0.1, 0.15) is 17.9 Å². The van der Waals surface area contributed by atoms with Crippen molar-refractivity contribution in [3.05, 3.63) is 28.8 Å². The molecule has 7 nitrogen and oxygen atoms in total. The predicted molar refractivity (Wildman–Crippen MR) is 88.7 cm³/mol. The second kappa shape index (κ2) is 7.48. The lowest BCUT2D eigenvalue weighted by Gasteiger charge is -2.22. The number of carbonyl (C=O) groups excluding carboxylic acids is 2. The smallest absolute Gasteiger partial charge is 0.408 e. The summed E-state index contributed by atoms with van der Waals surface area (Å²) >= 11 is 1.46. The Labute approximate surface area is 144 Å². The molecule has 0 aliphatic rings. The van der Waals surface area contributed by atoms with Gasteiger partial charge in [-0.3, -0.25) is 0 Å². The normalized spacial score (nSPS) is 12.5. The maximum absolute atomic E-state index is 12.0. The Bertz CT molecular complexity index is 688. The molecule has 1 unspecified atom stereocenters. The van der Waals surface area contributed by atoms with Crippen molar-refractivity contribution in [3.63, 3.8) is 0 Å². The molecule has 0 radical (unpaired) electrons. The summed E-state index contributed by atoms with van der Waals surface area (Å²) < 4.78 is 15.3. The fourth-order valence-corrected chi connectivity index (χ4v) is 2.87. The van der Waals surface area contributed by atoms with Gasteiger partial charge in [0.2, 0.25) is 5.89 Å². The van der Waals surface area contributed by atoms with Crippen molar-refractivity contribution in [3.8, 4) is 11.5 Å². The van der Waals surface area contributed by atoms with Crippen molar-refractivity contribution >= 4 is 23.4 Å². The molecule has 1 amide bonds. The zero-order chi connectivity index (χ0) is 17.7. The first-order chi connectivity index (χ1) is 11.3. The second-order valence-corrected chi connectivity index (χ2v) is 6.82. The number of methoxy groups -OCH3 is 1. The van der Waals surface area contributed by atoms with Gasteiger partial charge < -0.3 is 19.2 Å². The highest BCUT2D eigenvalue weighted by atomic mass is 32.1. The predicted octanol–water partition coefficient (Wildman–Crippen LogP) is 3.01. The second-order valence-electron chi connectivity index (χ2n) is 6.07. The number of nitrogens with zero attached hydrogens (tertiary/aromatic N) is 1. The maximum Gasteiger partial charge on any atom is 0.408 e. The molecular formula is C16H20N2O5S. The van der Waals surface area contributed by atoms with Crippen molar-refractivity contribution in [2.45, 2.75) is 38.8 Å². The first kappa shape index (κ1) is 18.0. The topological polar surface area (TPSA) is 90.7 Å². The van der Waals surface area contributed by atoms with Gasteiger partial charge >= 0.3 is 12.1 Å². The van der Waals surface area contributed by atoms with Gasteiger partial charge in [0.15, 0.2) is 0 Å².